The Kier molecular flexibility index (Phi) is 1.65. The van der Waals surface area contributed by atoms with Gasteiger partial charge in [0.2, 0.25) is 0 Å². The van der Waals surface area contributed by atoms with E-state index in [1.54, 1.807) is 0 Å². The molecule has 0 spiro atoms. The third-order valence-electron chi connectivity index (χ3n) is 0.909. The Labute approximate surface area is 52.6 Å². The number of thiocarbonyl (C=S) groups is 1. The lowest BCUT2D eigenvalue weighted by atomic mass is 10.4. The van der Waals surface area contributed by atoms with Crippen LogP contribution in [0.15, 0.2) is 0 Å². The van der Waals surface area contributed by atoms with E-state index in [1.807, 2.05) is 0 Å². The van der Waals surface area contributed by atoms with Crippen molar-refractivity contribution < 1.29 is 9.84 Å². The van der Waals surface area contributed by atoms with E-state index < -0.39 is 6.23 Å². The van der Waals surface area contributed by atoms with Crippen molar-refractivity contribution in [2.24, 2.45) is 0 Å². The number of nitrogens with one attached hydrogen (secondary N) is 1. The summed E-state index contributed by atoms with van der Waals surface area (Å²) in [6.45, 7) is 0.521. The fraction of sp³-hybridized carbons (Fsp3) is 0.750. The van der Waals surface area contributed by atoms with Gasteiger partial charge in [0.25, 0.3) is 5.17 Å². The largest absolute Gasteiger partial charge is 0.471 e. The van der Waals surface area contributed by atoms with E-state index in [0.29, 0.717) is 18.2 Å². The highest BCUT2D eigenvalue weighted by atomic mass is 32.1. The van der Waals surface area contributed by atoms with E-state index in [9.17, 15) is 0 Å². The molecule has 0 saturated carbocycles. The van der Waals surface area contributed by atoms with E-state index >= 15 is 0 Å². The van der Waals surface area contributed by atoms with Crippen molar-refractivity contribution in [3.8, 4) is 0 Å². The Balaban J connectivity index is 2.34. The summed E-state index contributed by atoms with van der Waals surface area (Å²) >= 11 is 4.59. The van der Waals surface area contributed by atoms with Gasteiger partial charge in [-0.3, -0.25) is 0 Å². The second-order valence-corrected chi connectivity index (χ2v) is 1.96. The first-order chi connectivity index (χ1) is 3.79. The maximum absolute atomic E-state index is 8.80. The van der Waals surface area contributed by atoms with Gasteiger partial charge in [-0.25, -0.2) is 0 Å². The predicted octanol–water partition coefficient (Wildman–Crippen LogP) is -0.400. The lowest BCUT2D eigenvalue weighted by Crippen LogP contribution is -2.40. The quantitative estimate of drug-likeness (QED) is 0.441. The van der Waals surface area contributed by atoms with E-state index in [1.165, 1.54) is 0 Å². The Morgan fingerprint density at radius 3 is 3.00 bits per heavy atom. The van der Waals surface area contributed by atoms with E-state index in [0.717, 1.165) is 0 Å². The molecule has 1 saturated heterocycles. The molecule has 0 aromatic carbocycles. The molecule has 3 nitrogen and oxygen atoms in total. The van der Waals surface area contributed by atoms with Crippen LogP contribution in [0.1, 0.15) is 6.42 Å². The summed E-state index contributed by atoms with van der Waals surface area (Å²) in [6, 6.07) is 0. The molecule has 1 atom stereocenters. The van der Waals surface area contributed by atoms with Crippen molar-refractivity contribution in [3.05, 3.63) is 0 Å². The molecule has 0 radical (unpaired) electrons. The van der Waals surface area contributed by atoms with Crippen molar-refractivity contribution in [2.45, 2.75) is 12.6 Å². The zero-order valence-electron chi connectivity index (χ0n) is 4.26. The van der Waals surface area contributed by atoms with Gasteiger partial charge >= 0.3 is 0 Å². The lowest BCUT2D eigenvalue weighted by Gasteiger charge is -2.20. The predicted molar refractivity (Wildman–Crippen MR) is 32.3 cm³/mol. The Bertz CT molecular complexity index is 106. The van der Waals surface area contributed by atoms with Crippen LogP contribution in [0.5, 0.6) is 0 Å². The van der Waals surface area contributed by atoms with Gasteiger partial charge < -0.3 is 15.2 Å². The summed E-state index contributed by atoms with van der Waals surface area (Å²) in [5, 5.41) is 11.6. The first-order valence-electron chi connectivity index (χ1n) is 2.40. The smallest absolute Gasteiger partial charge is 0.258 e. The average Bonchev–Trinajstić information content (AvgIpc) is 1.64. The summed E-state index contributed by atoms with van der Waals surface area (Å²) in [5.41, 5.74) is 0. The minimum atomic E-state index is -0.503. The number of aliphatic hydroxyl groups excluding tert-OH is 1. The van der Waals surface area contributed by atoms with Gasteiger partial charge in [0, 0.05) is 6.42 Å². The van der Waals surface area contributed by atoms with Crippen LogP contribution in [0.3, 0.4) is 0 Å². The number of aliphatic hydroxyl groups is 1. The van der Waals surface area contributed by atoms with Crippen molar-refractivity contribution in [1.29, 1.82) is 0 Å². The fourth-order valence-corrected chi connectivity index (χ4v) is 0.732. The number of rotatable bonds is 0. The Hall–Kier alpha value is -0.350. The first kappa shape index (κ1) is 5.78. The van der Waals surface area contributed by atoms with Crippen LogP contribution in [0.4, 0.5) is 0 Å². The summed E-state index contributed by atoms with van der Waals surface area (Å²) in [5.74, 6) is 0. The minimum Gasteiger partial charge on any atom is -0.471 e. The molecular formula is C4H7NO2S. The van der Waals surface area contributed by atoms with Crippen LogP contribution >= 0.6 is 12.2 Å². The standard InChI is InChI=1S/C4H7NO2S/c6-3-1-2-7-4(8)5-3/h3,6H,1-2H2,(H,5,8). The molecule has 1 unspecified atom stereocenters. The van der Waals surface area contributed by atoms with Gasteiger partial charge in [0.15, 0.2) is 0 Å². The highest BCUT2D eigenvalue weighted by molar-refractivity contribution is 7.80. The van der Waals surface area contributed by atoms with Gasteiger partial charge in [-0.15, -0.1) is 0 Å². The first-order valence-corrected chi connectivity index (χ1v) is 2.81. The minimum absolute atomic E-state index is 0.295. The molecule has 1 heterocycles. The van der Waals surface area contributed by atoms with E-state index in [-0.39, 0.29) is 0 Å². The molecule has 1 aliphatic rings. The normalized spacial score (nSPS) is 28.6. The molecule has 0 aromatic rings. The topological polar surface area (TPSA) is 41.5 Å². The second kappa shape index (κ2) is 2.28. The highest BCUT2D eigenvalue weighted by Crippen LogP contribution is 1.96. The van der Waals surface area contributed by atoms with Gasteiger partial charge in [0.1, 0.15) is 6.23 Å². The molecular weight excluding hydrogens is 126 g/mol. The number of hydrogen-bond acceptors (Lipinski definition) is 3. The molecule has 0 aliphatic carbocycles. The average molecular weight is 133 g/mol. The molecule has 8 heavy (non-hydrogen) atoms. The van der Waals surface area contributed by atoms with Gasteiger partial charge in [-0.05, 0) is 12.2 Å². The maximum atomic E-state index is 8.80. The molecule has 4 heteroatoms. The molecule has 1 aliphatic heterocycles. The van der Waals surface area contributed by atoms with Gasteiger partial charge in [0.05, 0.1) is 6.61 Å². The van der Waals surface area contributed by atoms with E-state index in [4.69, 9.17) is 9.84 Å². The summed E-state index contributed by atoms with van der Waals surface area (Å²) in [4.78, 5) is 0. The van der Waals surface area contributed by atoms with Crippen LogP contribution < -0.4 is 5.32 Å². The lowest BCUT2D eigenvalue weighted by molar-refractivity contribution is 0.0883. The molecule has 1 fully saturated rings. The maximum Gasteiger partial charge on any atom is 0.258 e. The molecule has 0 aromatic heterocycles. The van der Waals surface area contributed by atoms with Crippen LogP contribution in [0, 0.1) is 0 Å². The molecule has 1 rings (SSSR count). The molecule has 0 amide bonds. The summed E-state index contributed by atoms with van der Waals surface area (Å²) < 4.78 is 4.81. The van der Waals surface area contributed by atoms with Gasteiger partial charge in [-0.2, -0.15) is 0 Å². The Morgan fingerprint density at radius 2 is 2.62 bits per heavy atom. The number of hydrogen-bond donors (Lipinski definition) is 2. The summed E-state index contributed by atoms with van der Waals surface area (Å²) in [7, 11) is 0. The Morgan fingerprint density at radius 1 is 1.88 bits per heavy atom. The van der Waals surface area contributed by atoms with Crippen molar-refractivity contribution in [2.75, 3.05) is 6.61 Å². The van der Waals surface area contributed by atoms with Crippen LogP contribution in [0.2, 0.25) is 0 Å². The van der Waals surface area contributed by atoms with E-state index in [2.05, 4.69) is 17.5 Å². The number of ether oxygens (including phenoxy) is 1. The summed E-state index contributed by atoms with van der Waals surface area (Å²) in [6.07, 6.45) is 0.108. The van der Waals surface area contributed by atoms with Crippen molar-refractivity contribution in [3.63, 3.8) is 0 Å². The SMILES string of the molecule is OC1CCOC(=S)N1. The molecule has 46 valence electrons. The second-order valence-electron chi connectivity index (χ2n) is 1.58. The van der Waals surface area contributed by atoms with Crippen molar-refractivity contribution in [1.82, 2.24) is 5.32 Å². The zero-order valence-corrected chi connectivity index (χ0v) is 5.07. The van der Waals surface area contributed by atoms with Crippen LogP contribution in [-0.4, -0.2) is 23.1 Å². The van der Waals surface area contributed by atoms with Crippen molar-refractivity contribution >= 4 is 17.4 Å². The highest BCUT2D eigenvalue weighted by Gasteiger charge is 2.11. The third kappa shape index (κ3) is 1.31. The third-order valence-corrected chi connectivity index (χ3v) is 1.14. The molecule has 0 bridgehead atoms. The van der Waals surface area contributed by atoms with Crippen LogP contribution in [0.25, 0.3) is 0 Å². The zero-order chi connectivity index (χ0) is 5.98. The fourth-order valence-electron chi connectivity index (χ4n) is 0.513. The molecule has 2 N–H and O–H groups in total. The van der Waals surface area contributed by atoms with Gasteiger partial charge in [-0.1, -0.05) is 0 Å². The van der Waals surface area contributed by atoms with Crippen LogP contribution in [-0.2, 0) is 4.74 Å². The monoisotopic (exact) mass is 133 g/mol.